The van der Waals surface area contributed by atoms with Crippen LogP contribution in [0, 0.1) is 0 Å². The van der Waals surface area contributed by atoms with Gasteiger partial charge in [-0.05, 0) is 17.2 Å². The summed E-state index contributed by atoms with van der Waals surface area (Å²) >= 11 is 0. The van der Waals surface area contributed by atoms with E-state index in [1.54, 1.807) is 35.8 Å². The van der Waals surface area contributed by atoms with Crippen molar-refractivity contribution in [3.05, 3.63) is 59.3 Å². The lowest BCUT2D eigenvalue weighted by atomic mass is 9.99. The number of hydrogen-bond acceptors (Lipinski definition) is 5. The lowest BCUT2D eigenvalue weighted by Crippen LogP contribution is -2.43. The predicted octanol–water partition coefficient (Wildman–Crippen LogP) is 3.61. The monoisotopic (exact) mass is 428 g/mol. The van der Waals surface area contributed by atoms with Crippen LogP contribution < -0.4 is 5.32 Å². The molecule has 4 N–H and O–H groups in total. The average molecular weight is 428 g/mol. The van der Waals surface area contributed by atoms with Crippen LogP contribution >= 0.6 is 10.6 Å². The Morgan fingerprint density at radius 1 is 1.14 bits per heavy atom. The summed E-state index contributed by atoms with van der Waals surface area (Å²) < 4.78 is 56.6. The molecule has 0 fully saturated rings. The molecule has 1 aromatic heterocycles. The first-order valence-electron chi connectivity index (χ1n) is 8.56. The molecule has 1 aliphatic rings. The smallest absolute Gasteiger partial charge is 0.315 e. The van der Waals surface area contributed by atoms with E-state index in [0.717, 1.165) is 16.7 Å². The van der Waals surface area contributed by atoms with Crippen LogP contribution in [0.5, 0.6) is 0 Å². The number of aliphatic hydroxyl groups excluding tert-OH is 1. The summed E-state index contributed by atoms with van der Waals surface area (Å²) in [7, 11) is -2.60. The number of halogens is 3. The van der Waals surface area contributed by atoms with Crippen LogP contribution in [-0.2, 0) is 4.79 Å². The zero-order chi connectivity index (χ0) is 21.2. The van der Waals surface area contributed by atoms with Gasteiger partial charge in [0.05, 0.1) is 17.5 Å². The molecule has 0 spiro atoms. The van der Waals surface area contributed by atoms with E-state index in [0.29, 0.717) is 5.69 Å². The normalized spacial score (nSPS) is 18.4. The fourth-order valence-electron chi connectivity index (χ4n) is 2.87. The van der Waals surface area contributed by atoms with E-state index in [-0.39, 0.29) is 11.3 Å². The molecule has 0 saturated heterocycles. The minimum atomic E-state index is -3.29. The van der Waals surface area contributed by atoms with Gasteiger partial charge in [-0.1, -0.05) is 30.3 Å². The van der Waals surface area contributed by atoms with E-state index in [2.05, 4.69) is 4.98 Å². The number of rotatable bonds is 7. The van der Waals surface area contributed by atoms with Crippen LogP contribution in [0.25, 0.3) is 16.7 Å². The second-order valence-electron chi connectivity index (χ2n) is 6.57. The van der Waals surface area contributed by atoms with Gasteiger partial charge in [-0.3, -0.25) is 18.9 Å². The molecular weight excluding hydrogens is 409 g/mol. The van der Waals surface area contributed by atoms with Gasteiger partial charge in [-0.25, -0.2) is 4.39 Å². The largest absolute Gasteiger partial charge is 0.386 e. The maximum absolute atomic E-state index is 13.1. The molecule has 0 unspecified atom stereocenters. The molecule has 2 heterocycles. The fourth-order valence-corrected chi connectivity index (χ4v) is 4.01. The molecule has 2 atom stereocenters. The Bertz CT molecular complexity index is 905. The number of pyridine rings is 1. The third kappa shape index (κ3) is 4.96. The number of nitrogens with one attached hydrogen (secondary N) is 1. The Balaban J connectivity index is 1.70. The van der Waals surface area contributed by atoms with E-state index in [9.17, 15) is 32.2 Å². The van der Waals surface area contributed by atoms with Crippen LogP contribution in [0.15, 0.2) is 48.0 Å². The number of benzene rings is 1. The summed E-state index contributed by atoms with van der Waals surface area (Å²) in [4.78, 5) is 15.3. The molecule has 3 rings (SSSR count). The molecule has 1 aromatic carbocycles. The van der Waals surface area contributed by atoms with E-state index < -0.39 is 41.7 Å². The lowest BCUT2D eigenvalue weighted by Gasteiger charge is -2.37. The second kappa shape index (κ2) is 8.54. The van der Waals surface area contributed by atoms with Gasteiger partial charge in [-0.2, -0.15) is 19.4 Å². The highest BCUT2D eigenvalue weighted by molar-refractivity contribution is 8.28. The highest BCUT2D eigenvalue weighted by Crippen LogP contribution is 2.54. The molecule has 0 saturated carbocycles. The quantitative estimate of drug-likeness (QED) is 0.540. The molecule has 1 aliphatic heterocycles. The van der Waals surface area contributed by atoms with Crippen molar-refractivity contribution >= 4 is 22.1 Å². The van der Waals surface area contributed by atoms with Crippen molar-refractivity contribution in [1.29, 1.82) is 0 Å². The molecule has 1 amide bonds. The maximum Gasteiger partial charge on any atom is 0.315 e. The van der Waals surface area contributed by atoms with Gasteiger partial charge in [0.1, 0.15) is 12.8 Å². The van der Waals surface area contributed by atoms with Crippen LogP contribution in [0.1, 0.15) is 17.4 Å². The first-order valence-corrected chi connectivity index (χ1v) is 10.3. The van der Waals surface area contributed by atoms with Gasteiger partial charge in [-0.15, -0.1) is 0 Å². The van der Waals surface area contributed by atoms with E-state index in [1.165, 1.54) is 17.5 Å². The van der Waals surface area contributed by atoms with Crippen LogP contribution in [0.2, 0.25) is 0 Å². The zero-order valence-corrected chi connectivity index (χ0v) is 15.8. The predicted molar refractivity (Wildman–Crippen MR) is 104 cm³/mol. The fraction of sp³-hybridized carbons (Fsp3) is 0.263. The third-order valence-electron chi connectivity index (χ3n) is 4.45. The van der Waals surface area contributed by atoms with Crippen molar-refractivity contribution < 1.29 is 32.2 Å². The van der Waals surface area contributed by atoms with Crippen LogP contribution in [0.4, 0.5) is 13.2 Å². The number of alkyl halides is 3. The number of hydrogen-bond donors (Lipinski definition) is 4. The molecule has 29 heavy (non-hydrogen) atoms. The molecule has 0 aliphatic carbocycles. The number of amides is 1. The van der Waals surface area contributed by atoms with Crippen molar-refractivity contribution in [3.63, 3.8) is 0 Å². The minimum Gasteiger partial charge on any atom is -0.386 e. The highest BCUT2D eigenvalue weighted by atomic mass is 32.3. The Morgan fingerprint density at radius 2 is 1.76 bits per heavy atom. The number of aromatic nitrogens is 1. The first kappa shape index (κ1) is 21.3. The minimum absolute atomic E-state index is 0.184. The Kier molecular flexibility index (Phi) is 6.27. The number of carbonyl (C=O) groups is 1. The molecule has 6 nitrogen and oxygen atoms in total. The summed E-state index contributed by atoms with van der Waals surface area (Å²) in [6, 6.07) is 8.39. The standard InChI is InChI=1S/C19H19F3N2O4S/c20-7-16(24-19(26)18(21)22)17(25)12-3-1-11(2-4-12)13-5-6-15(23-8-13)14-9-29(27,28)10-14/h1-6,8-9,16-18,25,27-28H,7,10H2,(H,24,26)/t16-,17+/m1/s1. The van der Waals surface area contributed by atoms with Gasteiger partial charge in [0, 0.05) is 22.7 Å². The highest BCUT2D eigenvalue weighted by Gasteiger charge is 2.27. The summed E-state index contributed by atoms with van der Waals surface area (Å²) in [5, 5.41) is 13.4. The Labute approximate surface area is 166 Å². The van der Waals surface area contributed by atoms with Crippen molar-refractivity contribution in [2.75, 3.05) is 12.4 Å². The molecule has 0 radical (unpaired) electrons. The van der Waals surface area contributed by atoms with Gasteiger partial charge in [0.2, 0.25) is 0 Å². The molecule has 0 bridgehead atoms. The number of carbonyl (C=O) groups excluding carboxylic acids is 1. The summed E-state index contributed by atoms with van der Waals surface area (Å²) in [6.07, 6.45) is -3.17. The van der Waals surface area contributed by atoms with Crippen molar-refractivity contribution in [1.82, 2.24) is 10.3 Å². The summed E-state index contributed by atoms with van der Waals surface area (Å²) in [6.45, 7) is -1.20. The van der Waals surface area contributed by atoms with Gasteiger partial charge in [0.25, 0.3) is 5.91 Å². The van der Waals surface area contributed by atoms with Crippen molar-refractivity contribution in [2.45, 2.75) is 18.6 Å². The van der Waals surface area contributed by atoms with Crippen LogP contribution in [-0.4, -0.2) is 50.0 Å². The van der Waals surface area contributed by atoms with Gasteiger partial charge < -0.3 is 10.4 Å². The second-order valence-corrected chi connectivity index (χ2v) is 8.53. The zero-order valence-electron chi connectivity index (χ0n) is 15.0. The Hall–Kier alpha value is -2.40. The SMILES string of the molecule is O=C(N[C@H](CF)[C@@H](O)c1ccc(-c2ccc(C3=CS(O)(O)C3)nc2)cc1)C(F)F. The molecule has 10 heteroatoms. The van der Waals surface area contributed by atoms with Crippen molar-refractivity contribution in [2.24, 2.45) is 0 Å². The topological polar surface area (TPSA) is 103 Å². The lowest BCUT2D eigenvalue weighted by molar-refractivity contribution is -0.133. The number of aliphatic hydroxyl groups is 1. The average Bonchev–Trinajstić information content (AvgIpc) is 2.69. The van der Waals surface area contributed by atoms with Crippen molar-refractivity contribution in [3.8, 4) is 11.1 Å². The van der Waals surface area contributed by atoms with E-state index >= 15 is 0 Å². The maximum atomic E-state index is 13.1. The van der Waals surface area contributed by atoms with Crippen LogP contribution in [0.3, 0.4) is 0 Å². The molecule has 2 aromatic rings. The summed E-state index contributed by atoms with van der Waals surface area (Å²) in [5.41, 5.74) is 3.18. The first-order chi connectivity index (χ1) is 13.7. The van der Waals surface area contributed by atoms with E-state index in [1.807, 2.05) is 0 Å². The summed E-state index contributed by atoms with van der Waals surface area (Å²) in [5.74, 6) is -1.46. The van der Waals surface area contributed by atoms with Gasteiger partial charge >= 0.3 is 6.43 Å². The van der Waals surface area contributed by atoms with Gasteiger partial charge in [0.15, 0.2) is 0 Å². The van der Waals surface area contributed by atoms with E-state index in [4.69, 9.17) is 0 Å². The third-order valence-corrected chi connectivity index (χ3v) is 5.85. The Morgan fingerprint density at radius 3 is 2.24 bits per heavy atom. The molecular formula is C19H19F3N2O4S. The number of nitrogens with zero attached hydrogens (tertiary/aromatic N) is 1. The molecule has 156 valence electrons.